The maximum Gasteiger partial charge on any atom is 0.243 e. The van der Waals surface area contributed by atoms with Crippen molar-refractivity contribution in [3.63, 3.8) is 0 Å². The minimum Gasteiger partial charge on any atom is -0.282 e. The molecule has 3 rings (SSSR count). The van der Waals surface area contributed by atoms with Gasteiger partial charge in [0.15, 0.2) is 0 Å². The second kappa shape index (κ2) is 8.13. The van der Waals surface area contributed by atoms with Crippen molar-refractivity contribution in [1.82, 2.24) is 9.21 Å². The largest absolute Gasteiger partial charge is 0.282 e. The summed E-state index contributed by atoms with van der Waals surface area (Å²) in [7, 11) is -3.70. The number of halogens is 3. The Morgan fingerprint density at radius 2 is 1.63 bits per heavy atom. The molecule has 0 radical (unpaired) electrons. The molecule has 27 heavy (non-hydrogen) atoms. The van der Waals surface area contributed by atoms with Gasteiger partial charge in [-0.15, -0.1) is 0 Å². The summed E-state index contributed by atoms with van der Waals surface area (Å²) >= 11 is 11.8. The Bertz CT molecular complexity index is 969. The summed E-state index contributed by atoms with van der Waals surface area (Å²) in [6.45, 7) is 1.25. The molecule has 1 aliphatic heterocycles. The monoisotopic (exact) mass is 427 g/mol. The molecule has 0 spiro atoms. The highest BCUT2D eigenvalue weighted by molar-refractivity contribution is 7.89. The van der Waals surface area contributed by atoms with Gasteiger partial charge in [0.05, 0.1) is 21.0 Å². The Balaban J connectivity index is 1.73. The van der Waals surface area contributed by atoms with Gasteiger partial charge in [-0.25, -0.2) is 12.8 Å². The number of nitriles is 1. The first-order valence-corrected chi connectivity index (χ1v) is 10.4. The lowest BCUT2D eigenvalue weighted by Gasteiger charge is -2.36. The number of rotatable bonds is 4. The lowest BCUT2D eigenvalue weighted by molar-refractivity contribution is 0.162. The maximum atomic E-state index is 13.1. The molecule has 142 valence electrons. The highest BCUT2D eigenvalue weighted by Gasteiger charge is 2.31. The van der Waals surface area contributed by atoms with Gasteiger partial charge >= 0.3 is 0 Å². The van der Waals surface area contributed by atoms with E-state index in [0.717, 1.165) is 0 Å². The van der Waals surface area contributed by atoms with Gasteiger partial charge in [-0.3, -0.25) is 4.90 Å². The Morgan fingerprint density at radius 3 is 2.19 bits per heavy atom. The second-order valence-electron chi connectivity index (χ2n) is 6.10. The molecule has 0 aliphatic carbocycles. The van der Waals surface area contributed by atoms with Crippen LogP contribution in [0, 0.1) is 17.1 Å². The molecule has 0 saturated carbocycles. The molecular weight excluding hydrogens is 412 g/mol. The summed E-state index contributed by atoms with van der Waals surface area (Å²) in [6.07, 6.45) is 0. The van der Waals surface area contributed by atoms with E-state index in [0.29, 0.717) is 18.7 Å². The van der Waals surface area contributed by atoms with Crippen molar-refractivity contribution in [3.05, 3.63) is 63.9 Å². The van der Waals surface area contributed by atoms with E-state index in [-0.39, 0.29) is 33.8 Å². The zero-order valence-electron chi connectivity index (χ0n) is 14.1. The van der Waals surface area contributed by atoms with E-state index >= 15 is 0 Å². The lowest BCUT2D eigenvalue weighted by Crippen LogP contribution is -2.49. The predicted octanol–water partition coefficient (Wildman–Crippen LogP) is 3.70. The number of nitrogens with zero attached hydrogens (tertiary/aromatic N) is 3. The van der Waals surface area contributed by atoms with Crippen LogP contribution in [0.3, 0.4) is 0 Å². The number of sulfonamides is 1. The second-order valence-corrected chi connectivity index (χ2v) is 8.85. The van der Waals surface area contributed by atoms with Crippen molar-refractivity contribution in [1.29, 1.82) is 5.26 Å². The zero-order chi connectivity index (χ0) is 19.6. The van der Waals surface area contributed by atoms with E-state index in [1.807, 2.05) is 4.90 Å². The molecule has 0 N–H and O–H groups in total. The molecular formula is C18H16Cl2FN3O2S. The van der Waals surface area contributed by atoms with Gasteiger partial charge in [0.25, 0.3) is 0 Å². The van der Waals surface area contributed by atoms with Gasteiger partial charge in [-0.2, -0.15) is 9.57 Å². The van der Waals surface area contributed by atoms with E-state index in [1.165, 1.54) is 34.6 Å². The highest BCUT2D eigenvalue weighted by Crippen LogP contribution is 2.28. The minimum absolute atomic E-state index is 0.0840. The number of benzene rings is 2. The van der Waals surface area contributed by atoms with Gasteiger partial charge in [0.1, 0.15) is 11.9 Å². The first kappa shape index (κ1) is 20.1. The molecule has 2 aromatic rings. The van der Waals surface area contributed by atoms with Crippen LogP contribution < -0.4 is 0 Å². The van der Waals surface area contributed by atoms with Gasteiger partial charge in [0, 0.05) is 26.2 Å². The molecule has 0 bridgehead atoms. The zero-order valence-corrected chi connectivity index (χ0v) is 16.5. The van der Waals surface area contributed by atoms with Crippen molar-refractivity contribution in [2.75, 3.05) is 26.2 Å². The van der Waals surface area contributed by atoms with Crippen LogP contribution in [0.15, 0.2) is 47.4 Å². The number of piperazine rings is 1. The fraction of sp³-hybridized carbons (Fsp3) is 0.278. The van der Waals surface area contributed by atoms with Crippen molar-refractivity contribution in [3.8, 4) is 6.07 Å². The van der Waals surface area contributed by atoms with E-state index in [4.69, 9.17) is 23.2 Å². The SMILES string of the molecule is N#C[C@H](c1ccc(F)cc1)N1CCN(S(=O)(=O)c2ccc(Cl)c(Cl)c2)CC1. The van der Waals surface area contributed by atoms with E-state index in [9.17, 15) is 18.1 Å². The molecule has 5 nitrogen and oxygen atoms in total. The molecule has 1 atom stereocenters. The topological polar surface area (TPSA) is 64.4 Å². The average molecular weight is 428 g/mol. The molecule has 9 heteroatoms. The average Bonchev–Trinajstić information content (AvgIpc) is 2.66. The summed E-state index contributed by atoms with van der Waals surface area (Å²) in [4.78, 5) is 1.97. The molecule has 0 aromatic heterocycles. The molecule has 1 aliphatic rings. The van der Waals surface area contributed by atoms with Crippen molar-refractivity contribution >= 4 is 33.2 Å². The van der Waals surface area contributed by atoms with Crippen LogP contribution in [0.5, 0.6) is 0 Å². The molecule has 0 unspecified atom stereocenters. The normalized spacial score (nSPS) is 17.4. The predicted molar refractivity (Wildman–Crippen MR) is 102 cm³/mol. The van der Waals surface area contributed by atoms with Crippen molar-refractivity contribution in [2.45, 2.75) is 10.9 Å². The van der Waals surface area contributed by atoms with Crippen LogP contribution in [0.4, 0.5) is 4.39 Å². The molecule has 1 fully saturated rings. The molecule has 1 saturated heterocycles. The summed E-state index contributed by atoms with van der Waals surface area (Å²) in [5, 5.41) is 9.98. The standard InChI is InChI=1S/C18H16Cl2FN3O2S/c19-16-6-5-15(11-17(16)20)27(25,26)24-9-7-23(8-10-24)18(12-22)13-1-3-14(21)4-2-13/h1-6,11,18H,7-10H2/t18-/m1/s1. The van der Waals surface area contributed by atoms with Crippen LogP contribution in [-0.2, 0) is 10.0 Å². The quantitative estimate of drug-likeness (QED) is 0.745. The van der Waals surface area contributed by atoms with Crippen LogP contribution in [0.25, 0.3) is 0 Å². The Kier molecular flexibility index (Phi) is 6.04. The Labute approximate surface area is 167 Å². The van der Waals surface area contributed by atoms with Gasteiger partial charge in [-0.05, 0) is 35.9 Å². The third kappa shape index (κ3) is 4.26. The van der Waals surface area contributed by atoms with E-state index in [1.54, 1.807) is 12.1 Å². The lowest BCUT2D eigenvalue weighted by atomic mass is 10.1. The summed E-state index contributed by atoms with van der Waals surface area (Å²) in [6, 6.07) is 11.6. The van der Waals surface area contributed by atoms with E-state index < -0.39 is 16.1 Å². The van der Waals surface area contributed by atoms with Crippen molar-refractivity contribution < 1.29 is 12.8 Å². The summed E-state index contributed by atoms with van der Waals surface area (Å²) < 4.78 is 40.1. The fourth-order valence-corrected chi connectivity index (χ4v) is 4.81. The van der Waals surface area contributed by atoms with Crippen LogP contribution in [0.1, 0.15) is 11.6 Å². The highest BCUT2D eigenvalue weighted by atomic mass is 35.5. The van der Waals surface area contributed by atoms with Crippen LogP contribution >= 0.6 is 23.2 Å². The molecule has 1 heterocycles. The number of hydrogen-bond donors (Lipinski definition) is 0. The summed E-state index contributed by atoms with van der Waals surface area (Å²) in [5.74, 6) is -0.368. The number of hydrogen-bond acceptors (Lipinski definition) is 4. The molecule has 2 aromatic carbocycles. The minimum atomic E-state index is -3.70. The first-order valence-electron chi connectivity index (χ1n) is 8.17. The maximum absolute atomic E-state index is 13.1. The van der Waals surface area contributed by atoms with Crippen molar-refractivity contribution in [2.24, 2.45) is 0 Å². The van der Waals surface area contributed by atoms with Gasteiger partial charge in [0.2, 0.25) is 10.0 Å². The third-order valence-corrected chi connectivity index (χ3v) is 7.11. The first-order chi connectivity index (χ1) is 12.8. The van der Waals surface area contributed by atoms with Gasteiger partial charge < -0.3 is 0 Å². The summed E-state index contributed by atoms with van der Waals surface area (Å²) in [5.41, 5.74) is 0.680. The molecule has 0 amide bonds. The van der Waals surface area contributed by atoms with Crippen LogP contribution in [-0.4, -0.2) is 43.8 Å². The van der Waals surface area contributed by atoms with E-state index in [2.05, 4.69) is 6.07 Å². The van der Waals surface area contributed by atoms with Crippen LogP contribution in [0.2, 0.25) is 10.0 Å². The third-order valence-electron chi connectivity index (χ3n) is 4.48. The van der Waals surface area contributed by atoms with Gasteiger partial charge in [-0.1, -0.05) is 35.3 Å². The smallest absolute Gasteiger partial charge is 0.243 e. The Hall–Kier alpha value is -1.69. The fourth-order valence-electron chi connectivity index (χ4n) is 3.00. The Morgan fingerprint density at radius 1 is 1.00 bits per heavy atom.